The van der Waals surface area contributed by atoms with Crippen molar-refractivity contribution in [1.29, 1.82) is 0 Å². The Labute approximate surface area is 151 Å². The van der Waals surface area contributed by atoms with Gasteiger partial charge in [-0.1, -0.05) is 0 Å². The lowest BCUT2D eigenvalue weighted by molar-refractivity contribution is 0.0998. The van der Waals surface area contributed by atoms with Crippen molar-refractivity contribution in [1.82, 2.24) is 0 Å². The Morgan fingerprint density at radius 3 is 2.31 bits per heavy atom. The molecule has 0 saturated carbocycles. The molecule has 0 unspecified atom stereocenters. The number of nitrogens with one attached hydrogen (secondary N) is 1. The summed E-state index contributed by atoms with van der Waals surface area (Å²) in [5.41, 5.74) is 7.95. The standard InChI is InChI=1S/C18H19N3O4S/c1-11-9-14-10-13(5-8-16(14)21(11)26(2,24)25)18(23)20-15-6-3-12(4-7-15)17(19)22/h3-8,10-11H,9H2,1-2H3,(H2,19,22)(H,20,23)/t11-/m0/s1. The fourth-order valence-corrected chi connectivity index (χ4v) is 4.43. The van der Waals surface area contributed by atoms with E-state index in [0.717, 1.165) is 5.56 Å². The van der Waals surface area contributed by atoms with Gasteiger partial charge >= 0.3 is 0 Å². The minimum atomic E-state index is -3.36. The number of amides is 2. The van der Waals surface area contributed by atoms with Gasteiger partial charge in [0, 0.05) is 22.9 Å². The van der Waals surface area contributed by atoms with Crippen LogP contribution < -0.4 is 15.4 Å². The maximum absolute atomic E-state index is 12.5. The highest BCUT2D eigenvalue weighted by atomic mass is 32.2. The fourth-order valence-electron chi connectivity index (χ4n) is 3.17. The third-order valence-corrected chi connectivity index (χ3v) is 5.55. The molecule has 0 spiro atoms. The average molecular weight is 373 g/mol. The van der Waals surface area contributed by atoms with Gasteiger partial charge in [-0.15, -0.1) is 0 Å². The van der Waals surface area contributed by atoms with Crippen LogP contribution in [0.15, 0.2) is 42.5 Å². The minimum Gasteiger partial charge on any atom is -0.366 e. The first-order valence-corrected chi connectivity index (χ1v) is 9.85. The van der Waals surface area contributed by atoms with E-state index in [-0.39, 0.29) is 11.9 Å². The zero-order valence-electron chi connectivity index (χ0n) is 14.4. The van der Waals surface area contributed by atoms with Crippen LogP contribution in [0.25, 0.3) is 0 Å². The van der Waals surface area contributed by atoms with Crippen LogP contribution in [0.2, 0.25) is 0 Å². The molecule has 1 aliphatic heterocycles. The average Bonchev–Trinajstić information content (AvgIpc) is 2.90. The third kappa shape index (κ3) is 3.41. The molecule has 0 aliphatic carbocycles. The smallest absolute Gasteiger partial charge is 0.255 e. The van der Waals surface area contributed by atoms with Crippen LogP contribution in [0.3, 0.4) is 0 Å². The second-order valence-corrected chi connectivity index (χ2v) is 8.21. The molecule has 2 aromatic carbocycles. The summed E-state index contributed by atoms with van der Waals surface area (Å²) in [6.45, 7) is 1.83. The van der Waals surface area contributed by atoms with Crippen molar-refractivity contribution in [2.75, 3.05) is 15.9 Å². The highest BCUT2D eigenvalue weighted by molar-refractivity contribution is 7.92. The number of hydrogen-bond acceptors (Lipinski definition) is 4. The van der Waals surface area contributed by atoms with Gasteiger partial charge in [0.2, 0.25) is 15.9 Å². The van der Waals surface area contributed by atoms with Crippen LogP contribution >= 0.6 is 0 Å². The summed E-state index contributed by atoms with van der Waals surface area (Å²) in [5, 5.41) is 2.75. The van der Waals surface area contributed by atoms with Gasteiger partial charge in [0.05, 0.1) is 11.9 Å². The third-order valence-electron chi connectivity index (χ3n) is 4.28. The predicted octanol–water partition coefficient (Wildman–Crippen LogP) is 1.75. The molecule has 2 aromatic rings. The number of nitrogens with two attached hydrogens (primary N) is 1. The maximum atomic E-state index is 12.5. The van der Waals surface area contributed by atoms with Gasteiger partial charge in [-0.25, -0.2) is 8.42 Å². The SMILES string of the molecule is C[C@H]1Cc2cc(C(=O)Nc3ccc(C(N)=O)cc3)ccc2N1S(C)(=O)=O. The summed E-state index contributed by atoms with van der Waals surface area (Å²) in [6, 6.07) is 11.0. The molecule has 0 fully saturated rings. The number of benzene rings is 2. The number of fused-ring (bicyclic) bond motifs is 1. The Morgan fingerprint density at radius 2 is 1.73 bits per heavy atom. The first-order chi connectivity index (χ1) is 12.2. The first-order valence-electron chi connectivity index (χ1n) is 8.00. The van der Waals surface area contributed by atoms with Gasteiger partial charge in [0.1, 0.15) is 0 Å². The molecule has 0 aromatic heterocycles. The number of anilines is 2. The summed E-state index contributed by atoms with van der Waals surface area (Å²) in [5.74, 6) is -0.851. The van der Waals surface area contributed by atoms with Crippen LogP contribution in [0.1, 0.15) is 33.2 Å². The highest BCUT2D eigenvalue weighted by Crippen LogP contribution is 2.34. The van der Waals surface area contributed by atoms with Crippen molar-refractivity contribution in [3.8, 4) is 0 Å². The molecule has 7 nitrogen and oxygen atoms in total. The number of carbonyl (C=O) groups is 2. The molecular formula is C18H19N3O4S. The van der Waals surface area contributed by atoms with E-state index >= 15 is 0 Å². The molecule has 1 atom stereocenters. The zero-order chi connectivity index (χ0) is 19.1. The highest BCUT2D eigenvalue weighted by Gasteiger charge is 2.32. The van der Waals surface area contributed by atoms with E-state index in [1.165, 1.54) is 22.7 Å². The fraction of sp³-hybridized carbons (Fsp3) is 0.222. The van der Waals surface area contributed by atoms with Gasteiger partial charge in [0.15, 0.2) is 0 Å². The Balaban J connectivity index is 1.82. The quantitative estimate of drug-likeness (QED) is 0.851. The molecule has 3 N–H and O–H groups in total. The number of rotatable bonds is 4. The Morgan fingerprint density at radius 1 is 1.12 bits per heavy atom. The zero-order valence-corrected chi connectivity index (χ0v) is 15.2. The van der Waals surface area contributed by atoms with Crippen LogP contribution in [0.5, 0.6) is 0 Å². The predicted molar refractivity (Wildman–Crippen MR) is 99.8 cm³/mol. The van der Waals surface area contributed by atoms with Gasteiger partial charge in [-0.3, -0.25) is 13.9 Å². The number of sulfonamides is 1. The van der Waals surface area contributed by atoms with Crippen LogP contribution in [-0.2, 0) is 16.4 Å². The van der Waals surface area contributed by atoms with Crippen molar-refractivity contribution in [3.63, 3.8) is 0 Å². The van der Waals surface area contributed by atoms with E-state index in [4.69, 9.17) is 5.73 Å². The van der Waals surface area contributed by atoms with Crippen molar-refractivity contribution < 1.29 is 18.0 Å². The lowest BCUT2D eigenvalue weighted by Gasteiger charge is -2.21. The van der Waals surface area contributed by atoms with Gasteiger partial charge < -0.3 is 11.1 Å². The van der Waals surface area contributed by atoms with E-state index in [1.807, 2.05) is 6.92 Å². The van der Waals surface area contributed by atoms with E-state index in [9.17, 15) is 18.0 Å². The van der Waals surface area contributed by atoms with E-state index in [0.29, 0.717) is 28.9 Å². The van der Waals surface area contributed by atoms with Crippen molar-refractivity contribution in [2.24, 2.45) is 5.73 Å². The minimum absolute atomic E-state index is 0.181. The molecule has 0 bridgehead atoms. The maximum Gasteiger partial charge on any atom is 0.255 e. The summed E-state index contributed by atoms with van der Waals surface area (Å²) >= 11 is 0. The summed E-state index contributed by atoms with van der Waals surface area (Å²) in [6.07, 6.45) is 1.73. The van der Waals surface area contributed by atoms with E-state index in [2.05, 4.69) is 5.32 Å². The van der Waals surface area contributed by atoms with Crippen LogP contribution in [0.4, 0.5) is 11.4 Å². The van der Waals surface area contributed by atoms with Gasteiger partial charge in [0.25, 0.3) is 5.91 Å². The molecular weight excluding hydrogens is 354 g/mol. The van der Waals surface area contributed by atoms with Crippen molar-refractivity contribution in [2.45, 2.75) is 19.4 Å². The summed E-state index contributed by atoms with van der Waals surface area (Å²) in [4.78, 5) is 23.5. The molecule has 8 heteroatoms. The lowest BCUT2D eigenvalue weighted by atomic mass is 10.1. The first kappa shape index (κ1) is 17.9. The Kier molecular flexibility index (Phi) is 4.45. The Bertz CT molecular complexity index is 984. The normalized spacial score (nSPS) is 16.2. The van der Waals surface area contributed by atoms with E-state index in [1.54, 1.807) is 30.3 Å². The topological polar surface area (TPSA) is 110 Å². The number of primary amides is 1. The second-order valence-electron chi connectivity index (χ2n) is 6.35. The monoisotopic (exact) mass is 373 g/mol. The van der Waals surface area contributed by atoms with E-state index < -0.39 is 15.9 Å². The molecule has 26 heavy (non-hydrogen) atoms. The molecule has 2 amide bonds. The van der Waals surface area contributed by atoms with Gasteiger partial charge in [-0.05, 0) is 61.4 Å². The van der Waals surface area contributed by atoms with Crippen molar-refractivity contribution >= 4 is 33.2 Å². The summed E-state index contributed by atoms with van der Waals surface area (Å²) < 4.78 is 25.3. The van der Waals surface area contributed by atoms with Crippen LogP contribution in [0, 0.1) is 0 Å². The molecule has 1 heterocycles. The molecule has 3 rings (SSSR count). The number of hydrogen-bond donors (Lipinski definition) is 2. The molecule has 136 valence electrons. The molecule has 0 saturated heterocycles. The molecule has 0 radical (unpaired) electrons. The lowest BCUT2D eigenvalue weighted by Crippen LogP contribution is -2.34. The number of carbonyl (C=O) groups excluding carboxylic acids is 2. The van der Waals surface area contributed by atoms with Crippen molar-refractivity contribution in [3.05, 3.63) is 59.2 Å². The number of nitrogens with zero attached hydrogens (tertiary/aromatic N) is 1. The van der Waals surface area contributed by atoms with Crippen LogP contribution in [-0.4, -0.2) is 32.5 Å². The second kappa shape index (κ2) is 6.45. The molecule has 1 aliphatic rings. The largest absolute Gasteiger partial charge is 0.366 e. The Hall–Kier alpha value is -2.87. The summed E-state index contributed by atoms with van der Waals surface area (Å²) in [7, 11) is -3.36. The van der Waals surface area contributed by atoms with Gasteiger partial charge in [-0.2, -0.15) is 0 Å².